The third kappa shape index (κ3) is 3.51. The summed E-state index contributed by atoms with van der Waals surface area (Å²) in [6, 6.07) is 15.1. The predicted molar refractivity (Wildman–Crippen MR) is 78.1 cm³/mol. The molecule has 0 saturated carbocycles. The summed E-state index contributed by atoms with van der Waals surface area (Å²) in [6.45, 7) is 0.688. The average molecular weight is 271 g/mol. The smallest absolute Gasteiger partial charge is 0.337 e. The maximum absolute atomic E-state index is 11.3. The first kappa shape index (κ1) is 13.9. The Balaban J connectivity index is 1.94. The van der Waals surface area contributed by atoms with Gasteiger partial charge in [-0.25, -0.2) is 4.79 Å². The lowest BCUT2D eigenvalue weighted by Gasteiger charge is -2.08. The number of ether oxygens (including phenoxy) is 2. The number of rotatable bonds is 5. The molecule has 0 aromatic heterocycles. The van der Waals surface area contributed by atoms with Crippen LogP contribution < -0.4 is 10.1 Å². The van der Waals surface area contributed by atoms with E-state index in [1.165, 1.54) is 7.11 Å². The molecule has 0 aliphatic rings. The van der Waals surface area contributed by atoms with E-state index in [1.54, 1.807) is 19.2 Å². The van der Waals surface area contributed by atoms with Crippen molar-refractivity contribution in [2.75, 3.05) is 19.5 Å². The number of methoxy groups -OCH3 is 2. The van der Waals surface area contributed by atoms with E-state index >= 15 is 0 Å². The van der Waals surface area contributed by atoms with Gasteiger partial charge in [-0.2, -0.15) is 0 Å². The van der Waals surface area contributed by atoms with Gasteiger partial charge < -0.3 is 14.8 Å². The summed E-state index contributed by atoms with van der Waals surface area (Å²) in [7, 11) is 3.02. The molecule has 0 spiro atoms. The van der Waals surface area contributed by atoms with Gasteiger partial charge in [0.15, 0.2) is 0 Å². The summed E-state index contributed by atoms with van der Waals surface area (Å²) in [5.41, 5.74) is 2.66. The van der Waals surface area contributed by atoms with E-state index in [1.807, 2.05) is 36.4 Å². The van der Waals surface area contributed by atoms with Gasteiger partial charge in [0.1, 0.15) is 5.75 Å². The lowest BCUT2D eigenvalue weighted by Crippen LogP contribution is -2.03. The van der Waals surface area contributed by atoms with Gasteiger partial charge in [0.05, 0.1) is 19.8 Å². The van der Waals surface area contributed by atoms with Crippen LogP contribution in [0, 0.1) is 0 Å². The van der Waals surface area contributed by atoms with Gasteiger partial charge in [0, 0.05) is 12.2 Å². The Hall–Kier alpha value is -2.49. The molecule has 0 aliphatic heterocycles. The molecule has 2 aromatic rings. The highest BCUT2D eigenvalue weighted by Gasteiger charge is 2.04. The molecule has 20 heavy (non-hydrogen) atoms. The van der Waals surface area contributed by atoms with E-state index in [4.69, 9.17) is 4.74 Å². The van der Waals surface area contributed by atoms with Gasteiger partial charge in [0.25, 0.3) is 0 Å². The summed E-state index contributed by atoms with van der Waals surface area (Å²) in [5.74, 6) is 0.512. The summed E-state index contributed by atoms with van der Waals surface area (Å²) in [6.07, 6.45) is 0. The van der Waals surface area contributed by atoms with Crippen LogP contribution in [0.4, 0.5) is 5.69 Å². The Morgan fingerprint density at radius 2 is 1.65 bits per heavy atom. The van der Waals surface area contributed by atoms with Crippen molar-refractivity contribution in [2.45, 2.75) is 6.54 Å². The minimum atomic E-state index is -0.320. The van der Waals surface area contributed by atoms with Crippen molar-refractivity contribution in [2.24, 2.45) is 0 Å². The summed E-state index contributed by atoms with van der Waals surface area (Å²) < 4.78 is 9.77. The number of hydrogen-bond donors (Lipinski definition) is 1. The van der Waals surface area contributed by atoms with Crippen LogP contribution in [0.1, 0.15) is 15.9 Å². The predicted octanol–water partition coefficient (Wildman–Crippen LogP) is 3.09. The number of esters is 1. The topological polar surface area (TPSA) is 47.6 Å². The second kappa shape index (κ2) is 6.61. The number of benzene rings is 2. The molecule has 0 atom stereocenters. The van der Waals surface area contributed by atoms with E-state index in [2.05, 4.69) is 10.1 Å². The third-order valence-corrected chi connectivity index (χ3v) is 2.96. The summed E-state index contributed by atoms with van der Waals surface area (Å²) in [5, 5.41) is 3.30. The Labute approximate surface area is 118 Å². The zero-order valence-corrected chi connectivity index (χ0v) is 11.6. The first-order valence-corrected chi connectivity index (χ1v) is 6.28. The second-order valence-corrected chi connectivity index (χ2v) is 4.27. The summed E-state index contributed by atoms with van der Waals surface area (Å²) >= 11 is 0. The average Bonchev–Trinajstić information content (AvgIpc) is 2.53. The number of carbonyl (C=O) groups is 1. The van der Waals surface area contributed by atoms with Gasteiger partial charge in [-0.3, -0.25) is 0 Å². The largest absolute Gasteiger partial charge is 0.497 e. The summed E-state index contributed by atoms with van der Waals surface area (Å²) in [4.78, 5) is 11.3. The molecule has 104 valence electrons. The van der Waals surface area contributed by atoms with Gasteiger partial charge in [0.2, 0.25) is 0 Å². The molecule has 2 rings (SSSR count). The zero-order chi connectivity index (χ0) is 14.4. The first-order chi connectivity index (χ1) is 9.72. The van der Waals surface area contributed by atoms with Crippen molar-refractivity contribution < 1.29 is 14.3 Å². The van der Waals surface area contributed by atoms with Crippen LogP contribution in [0.3, 0.4) is 0 Å². The fourth-order valence-corrected chi connectivity index (χ4v) is 1.79. The molecular formula is C16H17NO3. The molecule has 0 amide bonds. The molecule has 0 aliphatic carbocycles. The third-order valence-electron chi connectivity index (χ3n) is 2.96. The molecule has 4 nitrogen and oxygen atoms in total. The van der Waals surface area contributed by atoms with Crippen molar-refractivity contribution in [1.29, 1.82) is 0 Å². The lowest BCUT2D eigenvalue weighted by atomic mass is 10.1. The van der Waals surface area contributed by atoms with Crippen LogP contribution in [0.5, 0.6) is 5.75 Å². The molecule has 4 heteroatoms. The Morgan fingerprint density at radius 3 is 2.20 bits per heavy atom. The van der Waals surface area contributed by atoms with Crippen LogP contribution in [-0.2, 0) is 11.3 Å². The first-order valence-electron chi connectivity index (χ1n) is 6.28. The maximum Gasteiger partial charge on any atom is 0.337 e. The Morgan fingerprint density at radius 1 is 1.00 bits per heavy atom. The Kier molecular flexibility index (Phi) is 4.60. The van der Waals surface area contributed by atoms with E-state index in [0.29, 0.717) is 12.1 Å². The molecule has 0 bridgehead atoms. The van der Waals surface area contributed by atoms with E-state index in [9.17, 15) is 4.79 Å². The quantitative estimate of drug-likeness (QED) is 0.849. The fourth-order valence-electron chi connectivity index (χ4n) is 1.79. The second-order valence-electron chi connectivity index (χ2n) is 4.27. The van der Waals surface area contributed by atoms with Gasteiger partial charge >= 0.3 is 5.97 Å². The molecule has 1 N–H and O–H groups in total. The number of anilines is 1. The fraction of sp³-hybridized carbons (Fsp3) is 0.188. The molecule has 0 heterocycles. The monoisotopic (exact) mass is 271 g/mol. The molecule has 2 aromatic carbocycles. The minimum Gasteiger partial charge on any atom is -0.497 e. The van der Waals surface area contributed by atoms with Crippen LogP contribution in [0.2, 0.25) is 0 Å². The van der Waals surface area contributed by atoms with Gasteiger partial charge in [-0.1, -0.05) is 12.1 Å². The number of carbonyl (C=O) groups excluding carboxylic acids is 1. The highest BCUT2D eigenvalue weighted by molar-refractivity contribution is 5.89. The van der Waals surface area contributed by atoms with Crippen LogP contribution in [0.25, 0.3) is 0 Å². The molecular weight excluding hydrogens is 254 g/mol. The molecule has 0 saturated heterocycles. The highest BCUT2D eigenvalue weighted by Crippen LogP contribution is 2.16. The number of hydrogen-bond acceptors (Lipinski definition) is 4. The minimum absolute atomic E-state index is 0.320. The van der Waals surface area contributed by atoms with Crippen molar-refractivity contribution in [3.8, 4) is 5.75 Å². The lowest BCUT2D eigenvalue weighted by molar-refractivity contribution is 0.0600. The van der Waals surface area contributed by atoms with Crippen LogP contribution >= 0.6 is 0 Å². The van der Waals surface area contributed by atoms with Crippen molar-refractivity contribution >= 4 is 11.7 Å². The Bertz CT molecular complexity index is 561. The van der Waals surface area contributed by atoms with Gasteiger partial charge in [-0.05, 0) is 42.0 Å². The van der Waals surface area contributed by atoms with Gasteiger partial charge in [-0.15, -0.1) is 0 Å². The van der Waals surface area contributed by atoms with Crippen molar-refractivity contribution in [3.63, 3.8) is 0 Å². The van der Waals surface area contributed by atoms with Crippen molar-refractivity contribution in [3.05, 3.63) is 59.7 Å². The van der Waals surface area contributed by atoms with Crippen LogP contribution in [-0.4, -0.2) is 20.2 Å². The van der Waals surface area contributed by atoms with E-state index in [-0.39, 0.29) is 5.97 Å². The van der Waals surface area contributed by atoms with E-state index < -0.39 is 0 Å². The van der Waals surface area contributed by atoms with Crippen LogP contribution in [0.15, 0.2) is 48.5 Å². The SMILES string of the molecule is COC(=O)c1ccc(CNc2ccc(OC)cc2)cc1. The standard InChI is InChI=1S/C16H17NO3/c1-19-15-9-7-14(8-10-15)17-11-12-3-5-13(6-4-12)16(18)20-2/h3-10,17H,11H2,1-2H3. The molecule has 0 radical (unpaired) electrons. The highest BCUT2D eigenvalue weighted by atomic mass is 16.5. The number of nitrogens with one attached hydrogen (secondary N) is 1. The normalized spacial score (nSPS) is 9.90. The van der Waals surface area contributed by atoms with Crippen molar-refractivity contribution in [1.82, 2.24) is 0 Å². The molecule has 0 fully saturated rings. The van der Waals surface area contributed by atoms with E-state index in [0.717, 1.165) is 17.0 Å². The maximum atomic E-state index is 11.3. The molecule has 0 unspecified atom stereocenters. The zero-order valence-electron chi connectivity index (χ0n) is 11.6.